The first-order valence-electron chi connectivity index (χ1n) is 8.44. The Labute approximate surface area is 141 Å². The van der Waals surface area contributed by atoms with Crippen molar-refractivity contribution in [2.75, 3.05) is 20.8 Å². The van der Waals surface area contributed by atoms with Gasteiger partial charge in [-0.1, -0.05) is 24.3 Å². The summed E-state index contributed by atoms with van der Waals surface area (Å²) in [6.07, 6.45) is 2.10. The quantitative estimate of drug-likeness (QED) is 0.775. The van der Waals surface area contributed by atoms with Gasteiger partial charge in [0.1, 0.15) is 6.04 Å². The Morgan fingerprint density at radius 2 is 1.92 bits per heavy atom. The lowest BCUT2D eigenvalue weighted by Crippen LogP contribution is -2.87. The smallest absolute Gasteiger partial charge is 0.160 e. The van der Waals surface area contributed by atoms with E-state index in [2.05, 4.69) is 46.7 Å². The standard InChI is InChI=1S/C20H22N2O2/c1-23-18-8-7-13(12-19(18)24-2)11-17-20-15(9-10-21-17)14-5-3-4-6-16(14)22-20/h3-8,12,17,21-22H,9-11H2,1-2H3/p+1/t17-/m0/s1. The van der Waals surface area contributed by atoms with Crippen LogP contribution in [0.3, 0.4) is 0 Å². The molecule has 4 heteroatoms. The third-order valence-corrected chi connectivity index (χ3v) is 4.97. The Kier molecular flexibility index (Phi) is 3.90. The number of hydrogen-bond acceptors (Lipinski definition) is 2. The second kappa shape index (κ2) is 6.21. The van der Waals surface area contributed by atoms with Crippen molar-refractivity contribution in [3.05, 3.63) is 59.3 Å². The number of hydrogen-bond donors (Lipinski definition) is 2. The fourth-order valence-electron chi connectivity index (χ4n) is 3.80. The first-order chi connectivity index (χ1) is 11.8. The number of nitrogens with one attached hydrogen (secondary N) is 1. The lowest BCUT2D eigenvalue weighted by molar-refractivity contribution is -0.699. The number of methoxy groups -OCH3 is 2. The average molecular weight is 323 g/mol. The maximum absolute atomic E-state index is 5.44. The molecule has 0 unspecified atom stereocenters. The average Bonchev–Trinajstić information content (AvgIpc) is 3.01. The zero-order valence-corrected chi connectivity index (χ0v) is 14.1. The molecule has 0 radical (unpaired) electrons. The number of quaternary nitrogens is 1. The normalized spacial score (nSPS) is 16.8. The minimum atomic E-state index is 0.416. The summed E-state index contributed by atoms with van der Waals surface area (Å²) in [6.45, 7) is 1.13. The predicted molar refractivity (Wildman–Crippen MR) is 94.8 cm³/mol. The summed E-state index contributed by atoms with van der Waals surface area (Å²) in [7, 11) is 3.35. The molecule has 0 spiro atoms. The van der Waals surface area contributed by atoms with Crippen LogP contribution in [0, 0.1) is 0 Å². The maximum atomic E-state index is 5.44. The topological polar surface area (TPSA) is 50.9 Å². The Bertz CT molecular complexity index is 869. The van der Waals surface area contributed by atoms with Crippen LogP contribution >= 0.6 is 0 Å². The van der Waals surface area contributed by atoms with Crippen molar-refractivity contribution in [2.45, 2.75) is 18.9 Å². The largest absolute Gasteiger partial charge is 0.493 e. The summed E-state index contributed by atoms with van der Waals surface area (Å²) in [4.78, 5) is 3.65. The van der Waals surface area contributed by atoms with Crippen LogP contribution in [-0.4, -0.2) is 25.7 Å². The van der Waals surface area contributed by atoms with Crippen LogP contribution in [0.4, 0.5) is 0 Å². The number of benzene rings is 2. The molecule has 4 nitrogen and oxygen atoms in total. The Hall–Kier alpha value is -2.46. The SMILES string of the molecule is COc1ccc(C[C@@H]2[NH2+]CCc3c2[nH]c2ccccc32)cc1OC. The van der Waals surface area contributed by atoms with Gasteiger partial charge in [0.2, 0.25) is 0 Å². The summed E-state index contributed by atoms with van der Waals surface area (Å²) in [6, 6.07) is 15.2. The molecule has 24 heavy (non-hydrogen) atoms. The maximum Gasteiger partial charge on any atom is 0.160 e. The van der Waals surface area contributed by atoms with Gasteiger partial charge >= 0.3 is 0 Å². The van der Waals surface area contributed by atoms with Gasteiger partial charge in [-0.05, 0) is 29.3 Å². The van der Waals surface area contributed by atoms with E-state index in [4.69, 9.17) is 9.47 Å². The van der Waals surface area contributed by atoms with Gasteiger partial charge in [0, 0.05) is 23.7 Å². The van der Waals surface area contributed by atoms with E-state index >= 15 is 0 Å². The third kappa shape index (κ3) is 2.53. The first kappa shape index (κ1) is 15.1. The monoisotopic (exact) mass is 323 g/mol. The lowest BCUT2D eigenvalue weighted by atomic mass is 9.94. The molecule has 0 saturated heterocycles. The molecule has 2 heterocycles. The van der Waals surface area contributed by atoms with Crippen molar-refractivity contribution in [2.24, 2.45) is 0 Å². The number of rotatable bonds is 4. The van der Waals surface area contributed by atoms with Crippen molar-refractivity contribution in [1.29, 1.82) is 0 Å². The minimum Gasteiger partial charge on any atom is -0.493 e. The molecule has 0 amide bonds. The van der Waals surface area contributed by atoms with E-state index in [9.17, 15) is 0 Å². The number of fused-ring (bicyclic) bond motifs is 3. The highest BCUT2D eigenvalue weighted by molar-refractivity contribution is 5.84. The molecular weight excluding hydrogens is 300 g/mol. The van der Waals surface area contributed by atoms with Crippen molar-refractivity contribution in [3.8, 4) is 11.5 Å². The van der Waals surface area contributed by atoms with Crippen molar-refractivity contribution >= 4 is 10.9 Å². The summed E-state index contributed by atoms with van der Waals surface area (Å²) >= 11 is 0. The van der Waals surface area contributed by atoms with Gasteiger partial charge in [-0.3, -0.25) is 0 Å². The highest BCUT2D eigenvalue weighted by atomic mass is 16.5. The van der Waals surface area contributed by atoms with Crippen molar-refractivity contribution in [1.82, 2.24) is 4.98 Å². The van der Waals surface area contributed by atoms with Crippen LogP contribution < -0.4 is 14.8 Å². The number of nitrogens with two attached hydrogens (primary N) is 1. The van der Waals surface area contributed by atoms with Crippen LogP contribution in [0.1, 0.15) is 22.9 Å². The van der Waals surface area contributed by atoms with Gasteiger partial charge in [0.15, 0.2) is 11.5 Å². The Morgan fingerprint density at radius 1 is 1.08 bits per heavy atom. The number of H-pyrrole nitrogens is 1. The predicted octanol–water partition coefficient (Wildman–Crippen LogP) is 2.59. The molecule has 0 aliphatic carbocycles. The molecule has 3 N–H and O–H groups in total. The van der Waals surface area contributed by atoms with E-state index in [0.717, 1.165) is 30.9 Å². The number of aromatic amines is 1. The highest BCUT2D eigenvalue weighted by Crippen LogP contribution is 2.32. The van der Waals surface area contributed by atoms with Crippen LogP contribution in [0.5, 0.6) is 11.5 Å². The van der Waals surface area contributed by atoms with Gasteiger partial charge in [-0.25, -0.2) is 0 Å². The molecule has 3 aromatic rings. The van der Waals surface area contributed by atoms with Crippen LogP contribution in [0.25, 0.3) is 10.9 Å². The van der Waals surface area contributed by atoms with Crippen molar-refractivity contribution < 1.29 is 14.8 Å². The van der Waals surface area contributed by atoms with Crippen LogP contribution in [-0.2, 0) is 12.8 Å². The fourth-order valence-corrected chi connectivity index (χ4v) is 3.80. The van der Waals surface area contributed by atoms with Crippen LogP contribution in [0.2, 0.25) is 0 Å². The van der Waals surface area contributed by atoms with Gasteiger partial charge in [-0.2, -0.15) is 0 Å². The van der Waals surface area contributed by atoms with Gasteiger partial charge in [0.05, 0.1) is 26.5 Å². The molecule has 0 saturated carbocycles. The summed E-state index contributed by atoms with van der Waals surface area (Å²) < 4.78 is 10.8. The molecule has 1 aliphatic rings. The van der Waals surface area contributed by atoms with Crippen LogP contribution in [0.15, 0.2) is 42.5 Å². The third-order valence-electron chi connectivity index (χ3n) is 4.97. The molecule has 4 rings (SSSR count). The van der Waals surface area contributed by atoms with Gasteiger partial charge < -0.3 is 19.8 Å². The van der Waals surface area contributed by atoms with E-state index in [1.165, 1.54) is 27.7 Å². The molecule has 1 aromatic heterocycles. The molecule has 124 valence electrons. The number of aromatic nitrogens is 1. The number of para-hydroxylation sites is 1. The van der Waals surface area contributed by atoms with Gasteiger partial charge in [0.25, 0.3) is 0 Å². The molecule has 0 bridgehead atoms. The zero-order chi connectivity index (χ0) is 16.5. The van der Waals surface area contributed by atoms with E-state index in [0.29, 0.717) is 6.04 Å². The molecule has 1 atom stereocenters. The molecule has 2 aromatic carbocycles. The van der Waals surface area contributed by atoms with E-state index in [-0.39, 0.29) is 0 Å². The summed E-state index contributed by atoms with van der Waals surface area (Å²) in [5.41, 5.74) is 5.37. The van der Waals surface area contributed by atoms with E-state index in [1.54, 1.807) is 14.2 Å². The van der Waals surface area contributed by atoms with Gasteiger partial charge in [-0.15, -0.1) is 0 Å². The highest BCUT2D eigenvalue weighted by Gasteiger charge is 2.27. The summed E-state index contributed by atoms with van der Waals surface area (Å²) in [5.74, 6) is 1.57. The lowest BCUT2D eigenvalue weighted by Gasteiger charge is -2.21. The van der Waals surface area contributed by atoms with E-state index in [1.807, 2.05) is 6.07 Å². The molecule has 0 fully saturated rings. The first-order valence-corrected chi connectivity index (χ1v) is 8.44. The second-order valence-electron chi connectivity index (χ2n) is 6.34. The zero-order valence-electron chi connectivity index (χ0n) is 14.1. The second-order valence-corrected chi connectivity index (χ2v) is 6.34. The Morgan fingerprint density at radius 3 is 2.75 bits per heavy atom. The van der Waals surface area contributed by atoms with Crippen molar-refractivity contribution in [3.63, 3.8) is 0 Å². The fraction of sp³-hybridized carbons (Fsp3) is 0.300. The van der Waals surface area contributed by atoms with E-state index < -0.39 is 0 Å². The summed E-state index contributed by atoms with van der Waals surface area (Å²) in [5, 5.41) is 3.81. The number of ether oxygens (including phenoxy) is 2. The molecular formula is C20H23N2O2+. The minimum absolute atomic E-state index is 0.416. The Balaban J connectivity index is 1.67. The molecule has 1 aliphatic heterocycles.